The monoisotopic (exact) mass is 350 g/mol. The van der Waals surface area contributed by atoms with Gasteiger partial charge in [-0.2, -0.15) is 0 Å². The molecule has 0 N–H and O–H groups in total. The Kier molecular flexibility index (Phi) is 5.86. The van der Waals surface area contributed by atoms with E-state index < -0.39 is 0 Å². The van der Waals surface area contributed by atoms with Gasteiger partial charge >= 0.3 is 0 Å². The third kappa shape index (κ3) is 3.86. The van der Waals surface area contributed by atoms with Gasteiger partial charge in [0.05, 0.1) is 0 Å². The zero-order valence-electron chi connectivity index (χ0n) is 7.73. The molecule has 0 atom stereocenters. The summed E-state index contributed by atoms with van der Waals surface area (Å²) in [4.78, 5) is 0. The van der Waals surface area contributed by atoms with Crippen LogP contribution in [0.5, 0.6) is 0 Å². The van der Waals surface area contributed by atoms with E-state index in [4.69, 9.17) is 0 Å². The third-order valence-electron chi connectivity index (χ3n) is 2.02. The van der Waals surface area contributed by atoms with Crippen molar-refractivity contribution in [2.75, 3.05) is 0 Å². The van der Waals surface area contributed by atoms with Crippen LogP contribution in [0.4, 0.5) is 0 Å². The van der Waals surface area contributed by atoms with E-state index >= 15 is 0 Å². The maximum absolute atomic E-state index is 3.42. The maximum Gasteiger partial charge on any atom is 0.0175 e. The molecule has 0 aromatic heterocycles. The van der Waals surface area contributed by atoms with Gasteiger partial charge in [0.25, 0.3) is 0 Å². The van der Waals surface area contributed by atoms with Crippen LogP contribution in [0.3, 0.4) is 0 Å². The van der Waals surface area contributed by atoms with Gasteiger partial charge < -0.3 is 0 Å². The van der Waals surface area contributed by atoms with Crippen molar-refractivity contribution in [3.63, 3.8) is 0 Å². The molecule has 2 rings (SSSR count). The molecule has 0 radical (unpaired) electrons. The van der Waals surface area contributed by atoms with Crippen molar-refractivity contribution >= 4 is 31.9 Å². The Hall–Kier alpha value is 0.660. The van der Waals surface area contributed by atoms with Crippen LogP contribution >= 0.6 is 31.9 Å². The summed E-state index contributed by atoms with van der Waals surface area (Å²) in [7, 11) is 0. The normalized spacial score (nSPS) is 9.47. The first-order valence-corrected chi connectivity index (χ1v) is 5.86. The number of hydrogen-bond acceptors (Lipinski definition) is 0. The van der Waals surface area contributed by atoms with Crippen molar-refractivity contribution in [2.24, 2.45) is 0 Å². The van der Waals surface area contributed by atoms with Crippen LogP contribution in [-0.2, 0) is 0 Å². The average molecular weight is 352 g/mol. The Morgan fingerprint density at radius 3 is 1.07 bits per heavy atom. The summed E-state index contributed by atoms with van der Waals surface area (Å²) in [6.07, 6.45) is 0. The molecule has 0 saturated heterocycles. The summed E-state index contributed by atoms with van der Waals surface area (Å²) < 4.78 is 2.22. The van der Waals surface area contributed by atoms with Crippen LogP contribution in [0, 0.1) is 37.7 Å². The first kappa shape index (κ1) is 13.7. The van der Waals surface area contributed by atoms with E-state index in [9.17, 15) is 0 Å². The molecule has 3 heteroatoms. The van der Waals surface area contributed by atoms with Crippen molar-refractivity contribution in [3.8, 4) is 11.1 Å². The third-order valence-corrected chi connectivity index (χ3v) is 3.08. The summed E-state index contributed by atoms with van der Waals surface area (Å²) in [6, 6.07) is 16.6. The molecule has 2 aromatic rings. The minimum absolute atomic E-state index is 0. The maximum atomic E-state index is 3.42. The molecule has 0 bridgehead atoms. The Labute approximate surface area is 136 Å². The van der Waals surface area contributed by atoms with Crippen molar-refractivity contribution in [1.29, 1.82) is 0 Å². The van der Waals surface area contributed by atoms with Gasteiger partial charge in [-0.25, -0.2) is 0 Å². The molecule has 15 heavy (non-hydrogen) atoms. The number of rotatable bonds is 1. The molecule has 0 unspecified atom stereocenters. The molecular formula is C12H8ArBr2. The van der Waals surface area contributed by atoms with Gasteiger partial charge in [0.1, 0.15) is 0 Å². The quantitative estimate of drug-likeness (QED) is 0.687. The minimum Gasteiger partial charge on any atom is -0.0533 e. The second-order valence-electron chi connectivity index (χ2n) is 3.01. The Balaban J connectivity index is 0.00000112. The van der Waals surface area contributed by atoms with Crippen LogP contribution < -0.4 is 0 Å². The minimum atomic E-state index is 0. The summed E-state index contributed by atoms with van der Waals surface area (Å²) in [5.74, 6) is 0. The fraction of sp³-hybridized carbons (Fsp3) is 0. The van der Waals surface area contributed by atoms with E-state index in [1.165, 1.54) is 11.1 Å². The smallest absolute Gasteiger partial charge is 0.0175 e. The molecule has 2 aromatic carbocycles. The average Bonchev–Trinajstić information content (AvgIpc) is 2.21. The van der Waals surface area contributed by atoms with E-state index in [2.05, 4.69) is 80.4 Å². The van der Waals surface area contributed by atoms with E-state index in [0.717, 1.165) is 8.95 Å². The van der Waals surface area contributed by atoms with Crippen molar-refractivity contribution in [1.82, 2.24) is 0 Å². The second-order valence-corrected chi connectivity index (χ2v) is 4.85. The Morgan fingerprint density at radius 1 is 0.533 bits per heavy atom. The van der Waals surface area contributed by atoms with E-state index in [-0.39, 0.29) is 37.7 Å². The predicted molar refractivity (Wildman–Crippen MR) is 67.3 cm³/mol. The van der Waals surface area contributed by atoms with Gasteiger partial charge in [-0.3, -0.25) is 0 Å². The van der Waals surface area contributed by atoms with Crippen LogP contribution in [-0.4, -0.2) is 0 Å². The molecule has 0 nitrogen and oxygen atoms in total. The number of halogens is 2. The largest absolute Gasteiger partial charge is 0.0533 e. The molecule has 0 amide bonds. The van der Waals surface area contributed by atoms with Gasteiger partial charge in [0, 0.05) is 46.7 Å². The Bertz CT molecular complexity index is 377. The molecule has 0 fully saturated rings. The Morgan fingerprint density at radius 2 is 0.800 bits per heavy atom. The SMILES string of the molecule is Brc1ccc(-c2ccc(Br)cc2)cc1.[Ar]. The van der Waals surface area contributed by atoms with Gasteiger partial charge in [0.2, 0.25) is 0 Å². The molecule has 0 heterocycles. The van der Waals surface area contributed by atoms with Gasteiger partial charge in [-0.1, -0.05) is 56.1 Å². The molecule has 0 aliphatic rings. The van der Waals surface area contributed by atoms with Crippen LogP contribution in [0.15, 0.2) is 57.5 Å². The molecular weight excluding hydrogens is 344 g/mol. The summed E-state index contributed by atoms with van der Waals surface area (Å²) in [5.41, 5.74) is 2.47. The van der Waals surface area contributed by atoms with Crippen molar-refractivity contribution in [3.05, 3.63) is 57.5 Å². The first-order chi connectivity index (χ1) is 6.75. The standard InChI is InChI=1S/C12H8Br2.Ar/c13-11-5-1-9(2-6-11)10-3-7-12(14)8-4-10;/h1-8H;. The van der Waals surface area contributed by atoms with E-state index in [1.54, 1.807) is 0 Å². The zero-order chi connectivity index (χ0) is 9.97. The van der Waals surface area contributed by atoms with Crippen LogP contribution in [0.2, 0.25) is 0 Å². The topological polar surface area (TPSA) is 0 Å². The number of benzene rings is 2. The molecule has 0 aliphatic carbocycles. The van der Waals surface area contributed by atoms with Crippen LogP contribution in [0.1, 0.15) is 0 Å². The molecule has 78 valence electrons. The summed E-state index contributed by atoms with van der Waals surface area (Å²) >= 11 is 6.84. The summed E-state index contributed by atoms with van der Waals surface area (Å²) in [5, 5.41) is 0. The predicted octanol–water partition coefficient (Wildman–Crippen LogP) is 4.88. The summed E-state index contributed by atoms with van der Waals surface area (Å²) in [6.45, 7) is 0. The van der Waals surface area contributed by atoms with Crippen molar-refractivity contribution in [2.45, 2.75) is 0 Å². The number of hydrogen-bond donors (Lipinski definition) is 0. The second kappa shape index (κ2) is 6.41. The van der Waals surface area contributed by atoms with Gasteiger partial charge in [-0.15, -0.1) is 0 Å². The fourth-order valence-electron chi connectivity index (χ4n) is 1.28. The van der Waals surface area contributed by atoms with E-state index in [1.807, 2.05) is 0 Å². The van der Waals surface area contributed by atoms with Crippen LogP contribution in [0.25, 0.3) is 11.1 Å². The van der Waals surface area contributed by atoms with E-state index in [0.29, 0.717) is 0 Å². The molecule has 0 spiro atoms. The molecule has 0 aliphatic heterocycles. The van der Waals surface area contributed by atoms with Gasteiger partial charge in [0.15, 0.2) is 0 Å². The zero-order valence-corrected chi connectivity index (χ0v) is 11.6. The first-order valence-electron chi connectivity index (χ1n) is 4.27. The fourth-order valence-corrected chi connectivity index (χ4v) is 1.81. The van der Waals surface area contributed by atoms with Gasteiger partial charge in [-0.05, 0) is 35.4 Å². The van der Waals surface area contributed by atoms with Crippen molar-refractivity contribution < 1.29 is 37.7 Å². The molecule has 0 saturated carbocycles.